The van der Waals surface area contributed by atoms with E-state index in [1.807, 2.05) is 31.2 Å². The van der Waals surface area contributed by atoms with Gasteiger partial charge in [0.1, 0.15) is 11.6 Å². The molecule has 0 spiro atoms. The van der Waals surface area contributed by atoms with Gasteiger partial charge >= 0.3 is 0 Å². The van der Waals surface area contributed by atoms with Crippen LogP contribution in [-0.2, 0) is 0 Å². The zero-order valence-corrected chi connectivity index (χ0v) is 12.7. The number of hydrogen-bond donors (Lipinski definition) is 1. The van der Waals surface area contributed by atoms with Gasteiger partial charge in [-0.15, -0.1) is 0 Å². The lowest BCUT2D eigenvalue weighted by Crippen LogP contribution is -2.05. The SMILES string of the molecule is CCCNc1nc(C)nc2c1cnn2-c1ccccc1Cl. The van der Waals surface area contributed by atoms with E-state index in [-0.39, 0.29) is 0 Å². The smallest absolute Gasteiger partial charge is 0.168 e. The topological polar surface area (TPSA) is 55.6 Å². The highest BCUT2D eigenvalue weighted by Crippen LogP contribution is 2.26. The summed E-state index contributed by atoms with van der Waals surface area (Å²) in [4.78, 5) is 8.97. The molecule has 0 bridgehead atoms. The van der Waals surface area contributed by atoms with Crippen molar-refractivity contribution in [1.29, 1.82) is 0 Å². The van der Waals surface area contributed by atoms with Crippen molar-refractivity contribution in [3.05, 3.63) is 41.3 Å². The van der Waals surface area contributed by atoms with E-state index in [0.717, 1.165) is 35.5 Å². The van der Waals surface area contributed by atoms with Crippen LogP contribution in [0.4, 0.5) is 5.82 Å². The molecular formula is C15H16ClN5. The highest BCUT2D eigenvalue weighted by molar-refractivity contribution is 6.32. The van der Waals surface area contributed by atoms with Gasteiger partial charge in [0.15, 0.2) is 5.65 Å². The normalized spacial score (nSPS) is 11.0. The van der Waals surface area contributed by atoms with Crippen LogP contribution in [0.5, 0.6) is 0 Å². The standard InChI is InChI=1S/C15H16ClN5/c1-3-8-17-14-11-9-18-21(15(11)20-10(2)19-14)13-7-5-4-6-12(13)16/h4-7,9H,3,8H2,1-2H3,(H,17,19,20). The minimum absolute atomic E-state index is 0.641. The summed E-state index contributed by atoms with van der Waals surface area (Å²) in [6.45, 7) is 4.86. The number of fused-ring (bicyclic) bond motifs is 1. The molecule has 5 nitrogen and oxygen atoms in total. The van der Waals surface area contributed by atoms with Crippen molar-refractivity contribution < 1.29 is 0 Å². The molecule has 6 heteroatoms. The Morgan fingerprint density at radius 1 is 1.24 bits per heavy atom. The molecule has 2 heterocycles. The number of nitrogens with one attached hydrogen (secondary N) is 1. The fraction of sp³-hybridized carbons (Fsp3) is 0.267. The molecule has 2 aromatic heterocycles. The molecule has 0 radical (unpaired) electrons. The van der Waals surface area contributed by atoms with Crippen molar-refractivity contribution >= 4 is 28.5 Å². The molecule has 108 valence electrons. The van der Waals surface area contributed by atoms with Crippen molar-refractivity contribution in [2.75, 3.05) is 11.9 Å². The third-order valence-corrected chi connectivity index (χ3v) is 3.48. The van der Waals surface area contributed by atoms with E-state index in [9.17, 15) is 0 Å². The van der Waals surface area contributed by atoms with Gasteiger partial charge in [-0.25, -0.2) is 14.6 Å². The Balaban J connectivity index is 2.18. The summed E-state index contributed by atoms with van der Waals surface area (Å²) in [5.74, 6) is 1.52. The number of rotatable bonds is 4. The number of benzene rings is 1. The van der Waals surface area contributed by atoms with Crippen LogP contribution in [0.15, 0.2) is 30.5 Å². The van der Waals surface area contributed by atoms with Crippen LogP contribution in [0, 0.1) is 6.92 Å². The molecule has 3 rings (SSSR count). The third kappa shape index (κ3) is 2.56. The molecule has 21 heavy (non-hydrogen) atoms. The second-order valence-electron chi connectivity index (χ2n) is 4.79. The van der Waals surface area contributed by atoms with Crippen molar-refractivity contribution in [3.63, 3.8) is 0 Å². The third-order valence-electron chi connectivity index (χ3n) is 3.16. The summed E-state index contributed by atoms with van der Waals surface area (Å²) < 4.78 is 1.75. The maximum atomic E-state index is 6.26. The number of aromatic nitrogens is 4. The highest BCUT2D eigenvalue weighted by Gasteiger charge is 2.13. The number of aryl methyl sites for hydroxylation is 1. The van der Waals surface area contributed by atoms with E-state index in [2.05, 4.69) is 27.3 Å². The summed E-state index contributed by atoms with van der Waals surface area (Å²) >= 11 is 6.26. The molecule has 0 aliphatic carbocycles. The minimum atomic E-state index is 0.641. The van der Waals surface area contributed by atoms with Gasteiger partial charge in [0.25, 0.3) is 0 Å². The predicted octanol–water partition coefficient (Wildman–Crippen LogP) is 3.60. The fourth-order valence-electron chi connectivity index (χ4n) is 2.19. The van der Waals surface area contributed by atoms with Gasteiger partial charge in [0, 0.05) is 6.54 Å². The van der Waals surface area contributed by atoms with Gasteiger partial charge < -0.3 is 5.32 Å². The van der Waals surface area contributed by atoms with Crippen LogP contribution in [0.1, 0.15) is 19.2 Å². The maximum Gasteiger partial charge on any atom is 0.168 e. The molecule has 1 N–H and O–H groups in total. The first-order chi connectivity index (χ1) is 10.2. The summed E-state index contributed by atoms with van der Waals surface area (Å²) in [6, 6.07) is 7.59. The largest absolute Gasteiger partial charge is 0.369 e. The zero-order valence-electron chi connectivity index (χ0n) is 12.0. The Bertz CT molecular complexity index is 781. The van der Waals surface area contributed by atoms with E-state index in [1.165, 1.54) is 0 Å². The summed E-state index contributed by atoms with van der Waals surface area (Å²) in [7, 11) is 0. The second kappa shape index (κ2) is 5.69. The van der Waals surface area contributed by atoms with Crippen molar-refractivity contribution in [2.24, 2.45) is 0 Å². The van der Waals surface area contributed by atoms with Gasteiger partial charge in [0.2, 0.25) is 0 Å². The summed E-state index contributed by atoms with van der Waals surface area (Å²) in [5, 5.41) is 9.28. The Morgan fingerprint density at radius 2 is 2.05 bits per heavy atom. The Hall–Kier alpha value is -2.14. The van der Waals surface area contributed by atoms with E-state index in [0.29, 0.717) is 10.8 Å². The van der Waals surface area contributed by atoms with Crippen LogP contribution in [0.25, 0.3) is 16.7 Å². The molecule has 0 saturated heterocycles. The average Bonchev–Trinajstić information content (AvgIpc) is 2.89. The minimum Gasteiger partial charge on any atom is -0.369 e. The van der Waals surface area contributed by atoms with Gasteiger partial charge in [-0.3, -0.25) is 0 Å². The quantitative estimate of drug-likeness (QED) is 0.800. The Morgan fingerprint density at radius 3 is 2.81 bits per heavy atom. The molecule has 0 atom stereocenters. The molecule has 0 aliphatic rings. The van der Waals surface area contributed by atoms with Crippen LogP contribution in [0.3, 0.4) is 0 Å². The van der Waals surface area contributed by atoms with Crippen LogP contribution in [-0.4, -0.2) is 26.3 Å². The first-order valence-corrected chi connectivity index (χ1v) is 7.29. The number of hydrogen-bond acceptors (Lipinski definition) is 4. The number of para-hydroxylation sites is 1. The number of halogens is 1. The molecule has 0 aliphatic heterocycles. The monoisotopic (exact) mass is 301 g/mol. The Kier molecular flexibility index (Phi) is 3.75. The predicted molar refractivity (Wildman–Crippen MR) is 85.2 cm³/mol. The fourth-order valence-corrected chi connectivity index (χ4v) is 2.41. The van der Waals surface area contributed by atoms with E-state index >= 15 is 0 Å². The van der Waals surface area contributed by atoms with Crippen molar-refractivity contribution in [2.45, 2.75) is 20.3 Å². The van der Waals surface area contributed by atoms with Crippen molar-refractivity contribution in [3.8, 4) is 5.69 Å². The van der Waals surface area contributed by atoms with Crippen LogP contribution < -0.4 is 5.32 Å². The van der Waals surface area contributed by atoms with E-state index < -0.39 is 0 Å². The lowest BCUT2D eigenvalue weighted by atomic mass is 10.3. The van der Waals surface area contributed by atoms with Crippen molar-refractivity contribution in [1.82, 2.24) is 19.7 Å². The lowest BCUT2D eigenvalue weighted by Gasteiger charge is -2.08. The van der Waals surface area contributed by atoms with Gasteiger partial charge in [0.05, 0.1) is 22.3 Å². The van der Waals surface area contributed by atoms with E-state index in [4.69, 9.17) is 11.6 Å². The maximum absolute atomic E-state index is 6.26. The molecule has 0 saturated carbocycles. The second-order valence-corrected chi connectivity index (χ2v) is 5.20. The molecule has 1 aromatic carbocycles. The van der Waals surface area contributed by atoms with Gasteiger partial charge in [-0.1, -0.05) is 30.7 Å². The molecular weight excluding hydrogens is 286 g/mol. The molecule has 0 unspecified atom stereocenters. The van der Waals surface area contributed by atoms with Crippen LogP contribution >= 0.6 is 11.6 Å². The molecule has 0 fully saturated rings. The zero-order chi connectivity index (χ0) is 14.8. The first-order valence-electron chi connectivity index (χ1n) is 6.92. The van der Waals surface area contributed by atoms with Gasteiger partial charge in [-0.2, -0.15) is 5.10 Å². The highest BCUT2D eigenvalue weighted by atomic mass is 35.5. The molecule has 3 aromatic rings. The molecule has 0 amide bonds. The summed E-state index contributed by atoms with van der Waals surface area (Å²) in [5.41, 5.74) is 1.57. The van der Waals surface area contributed by atoms with Crippen LogP contribution in [0.2, 0.25) is 5.02 Å². The number of anilines is 1. The average molecular weight is 302 g/mol. The first kappa shape index (κ1) is 13.8. The Labute approximate surface area is 128 Å². The number of nitrogens with zero attached hydrogens (tertiary/aromatic N) is 4. The van der Waals surface area contributed by atoms with Gasteiger partial charge in [-0.05, 0) is 25.5 Å². The summed E-state index contributed by atoms with van der Waals surface area (Å²) in [6.07, 6.45) is 2.80. The van der Waals surface area contributed by atoms with E-state index in [1.54, 1.807) is 10.9 Å². The lowest BCUT2D eigenvalue weighted by molar-refractivity contribution is 0.889.